The Hall–Kier alpha value is -7.17. The van der Waals surface area contributed by atoms with Crippen molar-refractivity contribution in [3.8, 4) is 62.1 Å². The largest absolute Gasteiger partial charge is 0.309 e. The monoisotopic (exact) mass is 758 g/mol. The molecule has 0 fully saturated rings. The van der Waals surface area contributed by atoms with Crippen molar-refractivity contribution in [3.05, 3.63) is 193 Å². The third-order valence-corrected chi connectivity index (χ3v) is 13.2. The van der Waals surface area contributed by atoms with Gasteiger partial charge in [0.15, 0.2) is 17.5 Å². The average molecular weight is 759 g/mol. The van der Waals surface area contributed by atoms with Gasteiger partial charge in [-0.05, 0) is 92.0 Å². The van der Waals surface area contributed by atoms with Gasteiger partial charge in [0, 0.05) is 38.6 Å². The van der Waals surface area contributed by atoms with E-state index in [4.69, 9.17) is 15.0 Å². The van der Waals surface area contributed by atoms with Crippen molar-refractivity contribution >= 4 is 32.6 Å². The third-order valence-electron chi connectivity index (χ3n) is 13.2. The van der Waals surface area contributed by atoms with Crippen LogP contribution in [0.15, 0.2) is 182 Å². The first-order valence-electron chi connectivity index (χ1n) is 20.5. The van der Waals surface area contributed by atoms with Gasteiger partial charge in [0.05, 0.1) is 11.0 Å². The minimum atomic E-state index is -0.163. The number of hydrogen-bond acceptors (Lipinski definition) is 3. The van der Waals surface area contributed by atoms with E-state index in [1.54, 1.807) is 0 Å². The molecule has 1 aliphatic carbocycles. The summed E-state index contributed by atoms with van der Waals surface area (Å²) in [5.41, 5.74) is 13.8. The second kappa shape index (κ2) is 13.2. The lowest BCUT2D eigenvalue weighted by molar-refractivity contribution is 0.301. The van der Waals surface area contributed by atoms with Crippen LogP contribution in [0, 0.1) is 0 Å². The van der Waals surface area contributed by atoms with Crippen LogP contribution >= 0.6 is 0 Å². The maximum Gasteiger partial charge on any atom is 0.164 e. The average Bonchev–Trinajstić information content (AvgIpc) is 3.63. The molecule has 2 heterocycles. The zero-order chi connectivity index (χ0) is 39.9. The zero-order valence-corrected chi connectivity index (χ0v) is 33.6. The highest BCUT2D eigenvalue weighted by Gasteiger charge is 2.47. The number of rotatable bonds is 5. The molecule has 0 bridgehead atoms. The molecular weight excluding hydrogens is 717 g/mol. The molecular formula is C55H42N4. The number of hydrogen-bond donors (Lipinski definition) is 0. The Balaban J connectivity index is 1.10. The van der Waals surface area contributed by atoms with Crippen LogP contribution in [0.2, 0.25) is 0 Å². The fourth-order valence-corrected chi connectivity index (χ4v) is 9.51. The van der Waals surface area contributed by atoms with Gasteiger partial charge in [-0.1, -0.05) is 167 Å². The smallest absolute Gasteiger partial charge is 0.164 e. The molecule has 10 aromatic rings. The number of nitrogens with zero attached hydrogens (tertiary/aromatic N) is 4. The zero-order valence-electron chi connectivity index (χ0n) is 33.6. The van der Waals surface area contributed by atoms with E-state index in [9.17, 15) is 0 Å². The number of aromatic nitrogens is 4. The molecule has 11 rings (SSSR count). The molecule has 0 radical (unpaired) electrons. The summed E-state index contributed by atoms with van der Waals surface area (Å²) in [4.78, 5) is 15.2. The van der Waals surface area contributed by atoms with Crippen LogP contribution in [-0.2, 0) is 10.8 Å². The van der Waals surface area contributed by atoms with Crippen LogP contribution in [0.4, 0.5) is 0 Å². The Labute approximate surface area is 344 Å². The summed E-state index contributed by atoms with van der Waals surface area (Å²) < 4.78 is 2.45. The summed E-state index contributed by atoms with van der Waals surface area (Å²) in [6.45, 7) is 9.71. The van der Waals surface area contributed by atoms with E-state index in [1.165, 1.54) is 54.8 Å². The maximum atomic E-state index is 5.13. The van der Waals surface area contributed by atoms with E-state index in [0.29, 0.717) is 17.5 Å². The lowest BCUT2D eigenvalue weighted by Crippen LogP contribution is -2.43. The Bertz CT molecular complexity index is 3250. The molecule has 4 heteroatoms. The molecule has 282 valence electrons. The first-order valence-corrected chi connectivity index (χ1v) is 20.5. The lowest BCUT2D eigenvalue weighted by Gasteiger charge is -2.48. The van der Waals surface area contributed by atoms with Crippen LogP contribution in [0.1, 0.15) is 38.8 Å². The highest BCUT2D eigenvalue weighted by molar-refractivity contribution is 6.23. The number of benzene rings is 8. The van der Waals surface area contributed by atoms with E-state index in [-0.39, 0.29) is 10.8 Å². The van der Waals surface area contributed by atoms with Crippen molar-refractivity contribution < 1.29 is 0 Å². The molecule has 0 amide bonds. The van der Waals surface area contributed by atoms with Gasteiger partial charge in [0.25, 0.3) is 0 Å². The Morgan fingerprint density at radius 1 is 0.390 bits per heavy atom. The standard InChI is InChI=1S/C55H42N4/c1-54(2)45-25-14-13-24-43(45)44-31-33-47-49(50(44)55(54,3)4)48-42-23-12-11-18-36(42)28-32-46(48)59(47)41-29-26-38(27-30-41)52-56-51(37-19-9-6-10-20-37)57-53(58-52)40-22-15-21-39(34-40)35-16-7-5-8-17-35/h5-34H,1-4H3. The van der Waals surface area contributed by atoms with Gasteiger partial charge in [0.1, 0.15) is 0 Å². The van der Waals surface area contributed by atoms with Gasteiger partial charge in [-0.3, -0.25) is 0 Å². The predicted octanol–water partition coefficient (Wildman–Crippen LogP) is 14.0. The Kier molecular flexibility index (Phi) is 7.83. The highest BCUT2D eigenvalue weighted by atomic mass is 15.0. The molecule has 0 atom stereocenters. The van der Waals surface area contributed by atoms with Crippen molar-refractivity contribution in [2.75, 3.05) is 0 Å². The molecule has 0 N–H and O–H groups in total. The van der Waals surface area contributed by atoms with E-state index in [2.05, 4.69) is 190 Å². The first-order chi connectivity index (χ1) is 28.8. The van der Waals surface area contributed by atoms with Gasteiger partial charge in [-0.15, -0.1) is 0 Å². The molecule has 2 aromatic heterocycles. The van der Waals surface area contributed by atoms with Crippen molar-refractivity contribution in [3.63, 3.8) is 0 Å². The molecule has 0 unspecified atom stereocenters. The molecule has 0 saturated heterocycles. The summed E-state index contributed by atoms with van der Waals surface area (Å²) >= 11 is 0. The van der Waals surface area contributed by atoms with Crippen molar-refractivity contribution in [2.45, 2.75) is 38.5 Å². The summed E-state index contributed by atoms with van der Waals surface area (Å²) in [6, 6.07) is 64.9. The van der Waals surface area contributed by atoms with Crippen LogP contribution in [0.3, 0.4) is 0 Å². The fraction of sp³-hybridized carbons (Fsp3) is 0.109. The number of fused-ring (bicyclic) bond motifs is 9. The summed E-state index contributed by atoms with van der Waals surface area (Å²) in [5.74, 6) is 1.92. The molecule has 0 saturated carbocycles. The van der Waals surface area contributed by atoms with Gasteiger partial charge in [-0.25, -0.2) is 15.0 Å². The van der Waals surface area contributed by atoms with Crippen molar-refractivity contribution in [2.24, 2.45) is 0 Å². The summed E-state index contributed by atoms with van der Waals surface area (Å²) in [5, 5.41) is 5.15. The second-order valence-electron chi connectivity index (χ2n) is 16.9. The Morgan fingerprint density at radius 3 is 1.69 bits per heavy atom. The van der Waals surface area contributed by atoms with E-state index < -0.39 is 0 Å². The van der Waals surface area contributed by atoms with Gasteiger partial charge < -0.3 is 4.57 Å². The van der Waals surface area contributed by atoms with Crippen LogP contribution < -0.4 is 0 Å². The molecule has 0 spiro atoms. The summed E-state index contributed by atoms with van der Waals surface area (Å²) in [7, 11) is 0. The second-order valence-corrected chi connectivity index (χ2v) is 16.9. The molecule has 59 heavy (non-hydrogen) atoms. The predicted molar refractivity (Wildman–Crippen MR) is 245 cm³/mol. The minimum Gasteiger partial charge on any atom is -0.309 e. The van der Waals surface area contributed by atoms with Crippen molar-refractivity contribution in [1.82, 2.24) is 19.5 Å². The normalized spacial score (nSPS) is 14.0. The molecule has 4 nitrogen and oxygen atoms in total. The maximum absolute atomic E-state index is 5.13. The minimum absolute atomic E-state index is 0.101. The van der Waals surface area contributed by atoms with E-state index in [1.807, 2.05) is 24.3 Å². The highest BCUT2D eigenvalue weighted by Crippen LogP contribution is 2.57. The van der Waals surface area contributed by atoms with Crippen LogP contribution in [0.25, 0.3) is 94.7 Å². The van der Waals surface area contributed by atoms with E-state index >= 15 is 0 Å². The molecule has 8 aromatic carbocycles. The van der Waals surface area contributed by atoms with Gasteiger partial charge in [-0.2, -0.15) is 0 Å². The quantitative estimate of drug-likeness (QED) is 0.176. The summed E-state index contributed by atoms with van der Waals surface area (Å²) in [6.07, 6.45) is 0. The fourth-order valence-electron chi connectivity index (χ4n) is 9.51. The van der Waals surface area contributed by atoms with Crippen molar-refractivity contribution in [1.29, 1.82) is 0 Å². The molecule has 1 aliphatic rings. The van der Waals surface area contributed by atoms with Gasteiger partial charge >= 0.3 is 0 Å². The first kappa shape index (κ1) is 35.0. The lowest BCUT2D eigenvalue weighted by atomic mass is 9.55. The van der Waals surface area contributed by atoms with E-state index in [0.717, 1.165) is 33.5 Å². The third kappa shape index (κ3) is 5.40. The molecule has 0 aliphatic heterocycles. The van der Waals surface area contributed by atoms with Crippen LogP contribution in [0.5, 0.6) is 0 Å². The van der Waals surface area contributed by atoms with Crippen LogP contribution in [-0.4, -0.2) is 19.5 Å². The topological polar surface area (TPSA) is 43.6 Å². The Morgan fingerprint density at radius 2 is 0.949 bits per heavy atom. The SMILES string of the molecule is CC1(C)c2ccccc2-c2ccc3c(c2C1(C)C)c1c2ccccc2ccc1n3-c1ccc(-c2nc(-c3ccccc3)nc(-c3cccc(-c4ccccc4)c3)n2)cc1. The van der Waals surface area contributed by atoms with Gasteiger partial charge in [0.2, 0.25) is 0 Å².